The third kappa shape index (κ3) is 8.58. The number of aryl methyl sites for hydroxylation is 1. The van der Waals surface area contributed by atoms with Gasteiger partial charge in [0.1, 0.15) is 18.3 Å². The van der Waals surface area contributed by atoms with Gasteiger partial charge in [-0.25, -0.2) is 8.42 Å². The second-order valence-electron chi connectivity index (χ2n) is 10.0. The molecule has 0 radical (unpaired) electrons. The van der Waals surface area contributed by atoms with Crippen molar-refractivity contribution in [2.45, 2.75) is 52.2 Å². The van der Waals surface area contributed by atoms with Gasteiger partial charge >= 0.3 is 0 Å². The van der Waals surface area contributed by atoms with Gasteiger partial charge in [0.25, 0.3) is 0 Å². The predicted molar refractivity (Wildman–Crippen MR) is 159 cm³/mol. The summed E-state index contributed by atoms with van der Waals surface area (Å²) in [5.41, 5.74) is 2.89. The summed E-state index contributed by atoms with van der Waals surface area (Å²) in [5.74, 6) is -0.169. The highest BCUT2D eigenvalue weighted by Gasteiger charge is 2.33. The molecule has 0 bridgehead atoms. The molecule has 8 nitrogen and oxygen atoms in total. The number of carbonyl (C=O) groups is 2. The van der Waals surface area contributed by atoms with E-state index >= 15 is 0 Å². The summed E-state index contributed by atoms with van der Waals surface area (Å²) < 4.78 is 32.2. The maximum atomic E-state index is 14.1. The summed E-state index contributed by atoms with van der Waals surface area (Å²) in [6.07, 6.45) is 2.07. The van der Waals surface area contributed by atoms with Gasteiger partial charge in [-0.05, 0) is 61.2 Å². The molecule has 0 fully saturated rings. The van der Waals surface area contributed by atoms with Gasteiger partial charge in [-0.15, -0.1) is 0 Å². The van der Waals surface area contributed by atoms with Crippen molar-refractivity contribution in [3.05, 3.63) is 95.6 Å². The monoisotopic (exact) mass is 565 g/mol. The smallest absolute Gasteiger partial charge is 0.244 e. The van der Waals surface area contributed by atoms with Gasteiger partial charge in [-0.3, -0.25) is 13.9 Å². The molecule has 0 aliphatic rings. The second kappa shape index (κ2) is 14.0. The van der Waals surface area contributed by atoms with Crippen LogP contribution in [0.15, 0.2) is 78.9 Å². The van der Waals surface area contributed by atoms with Crippen LogP contribution in [0.5, 0.6) is 5.75 Å². The molecule has 9 heteroatoms. The molecule has 1 N–H and O–H groups in total. The Morgan fingerprint density at radius 2 is 1.62 bits per heavy atom. The van der Waals surface area contributed by atoms with Crippen molar-refractivity contribution >= 4 is 27.5 Å². The molecule has 3 rings (SSSR count). The number of nitrogens with zero attached hydrogens (tertiary/aromatic N) is 2. The first kappa shape index (κ1) is 30.7. The number of hydrogen-bond acceptors (Lipinski definition) is 5. The molecule has 40 heavy (non-hydrogen) atoms. The van der Waals surface area contributed by atoms with Crippen molar-refractivity contribution in [3.8, 4) is 5.75 Å². The van der Waals surface area contributed by atoms with Crippen LogP contribution in [0.1, 0.15) is 37.0 Å². The first-order valence-electron chi connectivity index (χ1n) is 13.3. The van der Waals surface area contributed by atoms with Crippen LogP contribution in [0.25, 0.3) is 0 Å². The van der Waals surface area contributed by atoms with Crippen LogP contribution in [0.3, 0.4) is 0 Å². The van der Waals surface area contributed by atoms with E-state index in [1.165, 1.54) is 4.90 Å². The molecule has 0 heterocycles. The zero-order chi connectivity index (χ0) is 29.3. The topological polar surface area (TPSA) is 96.0 Å². The van der Waals surface area contributed by atoms with Crippen molar-refractivity contribution < 1.29 is 22.7 Å². The highest BCUT2D eigenvalue weighted by atomic mass is 32.2. The van der Waals surface area contributed by atoms with E-state index in [1.54, 1.807) is 37.4 Å². The number of ether oxygens (including phenoxy) is 1. The lowest BCUT2D eigenvalue weighted by atomic mass is 10.0. The van der Waals surface area contributed by atoms with Crippen LogP contribution in [0.4, 0.5) is 5.69 Å². The minimum absolute atomic E-state index is 0.0902. The van der Waals surface area contributed by atoms with Crippen molar-refractivity contribution in [1.82, 2.24) is 10.2 Å². The average Bonchev–Trinajstić information content (AvgIpc) is 2.93. The Bertz CT molecular complexity index is 1390. The minimum atomic E-state index is -3.81. The highest BCUT2D eigenvalue weighted by molar-refractivity contribution is 7.92. The van der Waals surface area contributed by atoms with Crippen LogP contribution in [0.2, 0.25) is 0 Å². The van der Waals surface area contributed by atoms with E-state index in [4.69, 9.17) is 4.74 Å². The molecule has 0 aliphatic heterocycles. The Kier molecular flexibility index (Phi) is 10.7. The Balaban J connectivity index is 2.07. The predicted octanol–water partition coefficient (Wildman–Crippen LogP) is 4.32. The maximum Gasteiger partial charge on any atom is 0.244 e. The summed E-state index contributed by atoms with van der Waals surface area (Å²) in [7, 11) is -2.25. The summed E-state index contributed by atoms with van der Waals surface area (Å²) in [5, 5.41) is 3.03. The zero-order valence-electron chi connectivity index (χ0n) is 23.8. The number of sulfonamides is 1. The molecule has 214 valence electrons. The normalized spacial score (nSPS) is 12.7. The van der Waals surface area contributed by atoms with Gasteiger partial charge in [0.2, 0.25) is 21.8 Å². The molecule has 0 aliphatic carbocycles. The van der Waals surface area contributed by atoms with Crippen LogP contribution in [-0.4, -0.2) is 57.1 Å². The summed E-state index contributed by atoms with van der Waals surface area (Å²) in [4.78, 5) is 29.3. The fraction of sp³-hybridized carbons (Fsp3) is 0.355. The molecule has 0 saturated carbocycles. The van der Waals surface area contributed by atoms with Crippen LogP contribution in [-0.2, 0) is 32.6 Å². The average molecular weight is 566 g/mol. The molecule has 0 unspecified atom stereocenters. The van der Waals surface area contributed by atoms with E-state index in [9.17, 15) is 18.0 Å². The number of carbonyl (C=O) groups excluding carboxylic acids is 2. The van der Waals surface area contributed by atoms with Gasteiger partial charge in [0.05, 0.1) is 19.1 Å². The maximum absolute atomic E-state index is 14.1. The fourth-order valence-corrected chi connectivity index (χ4v) is 5.20. The lowest BCUT2D eigenvalue weighted by Crippen LogP contribution is -2.54. The van der Waals surface area contributed by atoms with Crippen LogP contribution >= 0.6 is 0 Å². The molecular formula is C31H39N3O5S. The van der Waals surface area contributed by atoms with Gasteiger partial charge in [0.15, 0.2) is 0 Å². The van der Waals surface area contributed by atoms with E-state index in [1.807, 2.05) is 69.3 Å². The standard InChI is InChI=1S/C31H39N3O5S/c1-6-24(3)32-31(36)29(20-25-13-8-7-9-14-25)33(21-26-15-11-17-28(19-26)39-4)30(35)22-34(40(5,37)38)27-16-10-12-23(2)18-27/h7-19,24,29H,6,20-22H2,1-5H3,(H,32,36)/t24-,29-/m1/s1. The Morgan fingerprint density at radius 1 is 0.950 bits per heavy atom. The second-order valence-corrected chi connectivity index (χ2v) is 11.9. The van der Waals surface area contributed by atoms with Crippen molar-refractivity contribution in [2.75, 3.05) is 24.2 Å². The first-order chi connectivity index (χ1) is 19.0. The molecule has 2 amide bonds. The fourth-order valence-electron chi connectivity index (χ4n) is 4.36. The molecule has 3 aromatic carbocycles. The van der Waals surface area contributed by atoms with E-state index in [2.05, 4.69) is 5.32 Å². The Hall–Kier alpha value is -3.85. The van der Waals surface area contributed by atoms with E-state index in [-0.39, 0.29) is 24.9 Å². The van der Waals surface area contributed by atoms with Gasteiger partial charge in [-0.2, -0.15) is 0 Å². The van der Waals surface area contributed by atoms with E-state index in [0.717, 1.165) is 33.7 Å². The number of methoxy groups -OCH3 is 1. The highest BCUT2D eigenvalue weighted by Crippen LogP contribution is 2.22. The SMILES string of the molecule is CC[C@@H](C)NC(=O)[C@@H](Cc1ccccc1)N(Cc1cccc(OC)c1)C(=O)CN(c1cccc(C)c1)S(C)(=O)=O. The summed E-state index contributed by atoms with van der Waals surface area (Å²) in [6, 6.07) is 22.8. The van der Waals surface area contributed by atoms with Crippen LogP contribution in [0, 0.1) is 6.92 Å². The number of nitrogens with one attached hydrogen (secondary N) is 1. The van der Waals surface area contributed by atoms with Crippen LogP contribution < -0.4 is 14.4 Å². The van der Waals surface area contributed by atoms with Gasteiger partial charge in [0, 0.05) is 19.0 Å². The minimum Gasteiger partial charge on any atom is -0.497 e. The lowest BCUT2D eigenvalue weighted by Gasteiger charge is -2.34. The van der Waals surface area contributed by atoms with Gasteiger partial charge in [-0.1, -0.05) is 61.5 Å². The molecule has 3 aromatic rings. The summed E-state index contributed by atoms with van der Waals surface area (Å²) >= 11 is 0. The van der Waals surface area contributed by atoms with E-state index in [0.29, 0.717) is 11.4 Å². The number of hydrogen-bond donors (Lipinski definition) is 1. The zero-order valence-corrected chi connectivity index (χ0v) is 24.6. The Morgan fingerprint density at radius 3 is 2.25 bits per heavy atom. The number of amides is 2. The Labute approximate surface area is 238 Å². The van der Waals surface area contributed by atoms with Crippen molar-refractivity contribution in [3.63, 3.8) is 0 Å². The van der Waals surface area contributed by atoms with Crippen molar-refractivity contribution in [2.24, 2.45) is 0 Å². The molecule has 2 atom stereocenters. The largest absolute Gasteiger partial charge is 0.497 e. The number of rotatable bonds is 13. The quantitative estimate of drug-likeness (QED) is 0.333. The van der Waals surface area contributed by atoms with Gasteiger partial charge < -0.3 is 15.0 Å². The van der Waals surface area contributed by atoms with E-state index < -0.39 is 28.5 Å². The summed E-state index contributed by atoms with van der Waals surface area (Å²) in [6.45, 7) is 5.38. The molecular weight excluding hydrogens is 526 g/mol. The number of benzene rings is 3. The molecule has 0 spiro atoms. The lowest BCUT2D eigenvalue weighted by molar-refractivity contribution is -0.140. The third-order valence-corrected chi connectivity index (χ3v) is 7.87. The first-order valence-corrected chi connectivity index (χ1v) is 15.2. The number of anilines is 1. The molecule has 0 saturated heterocycles. The third-order valence-electron chi connectivity index (χ3n) is 6.73. The van der Waals surface area contributed by atoms with Crippen molar-refractivity contribution in [1.29, 1.82) is 0 Å². The molecule has 0 aromatic heterocycles.